The molecule has 0 unspecified atom stereocenters. The summed E-state index contributed by atoms with van der Waals surface area (Å²) in [5.74, 6) is -1.12. The second-order valence-corrected chi connectivity index (χ2v) is 16.0. The fraction of sp³-hybridized carbons (Fsp3) is 0.905. The Morgan fingerprint density at radius 3 is 2.23 bits per heavy atom. The van der Waals surface area contributed by atoms with Crippen LogP contribution in [0.5, 0.6) is 0 Å². The van der Waals surface area contributed by atoms with Crippen LogP contribution in [0.3, 0.4) is 0 Å². The third kappa shape index (κ3) is 5.07. The minimum atomic E-state index is -2.29. The van der Waals surface area contributed by atoms with Crippen LogP contribution in [0, 0.1) is 0 Å². The zero-order valence-electron chi connectivity index (χ0n) is 20.4. The van der Waals surface area contributed by atoms with Gasteiger partial charge in [0.15, 0.2) is 26.3 Å². The van der Waals surface area contributed by atoms with Crippen LogP contribution < -0.4 is 0 Å². The maximum atomic E-state index is 14.3. The van der Waals surface area contributed by atoms with Crippen molar-refractivity contribution in [1.82, 2.24) is 4.90 Å². The van der Waals surface area contributed by atoms with Crippen LogP contribution >= 0.6 is 0 Å². The van der Waals surface area contributed by atoms with Crippen LogP contribution in [0.15, 0.2) is 0 Å². The van der Waals surface area contributed by atoms with Crippen LogP contribution in [-0.2, 0) is 28.2 Å². The molecule has 4 atom stereocenters. The summed E-state index contributed by atoms with van der Waals surface area (Å²) in [6.07, 6.45) is -2.79. The Labute approximate surface area is 185 Å². The fourth-order valence-electron chi connectivity index (χ4n) is 3.71. The van der Waals surface area contributed by atoms with Gasteiger partial charge in [-0.3, -0.25) is 9.69 Å². The smallest absolute Gasteiger partial charge is 0.413 e. The number of carbonyl (C=O) groups excluding carboxylic acids is 2. The number of hydrogen-bond acceptors (Lipinski definition) is 7. The largest absolute Gasteiger partial charge is 0.459 e. The molecule has 0 radical (unpaired) electrons. The van der Waals surface area contributed by atoms with Gasteiger partial charge in [-0.25, -0.2) is 9.18 Å². The molecule has 2 aliphatic heterocycles. The van der Waals surface area contributed by atoms with Crippen molar-refractivity contribution in [3.63, 3.8) is 0 Å². The van der Waals surface area contributed by atoms with E-state index in [-0.39, 0.29) is 18.1 Å². The van der Waals surface area contributed by atoms with E-state index in [1.54, 1.807) is 34.6 Å². The highest BCUT2D eigenvalue weighted by Crippen LogP contribution is 2.50. The van der Waals surface area contributed by atoms with Gasteiger partial charge in [-0.15, -0.1) is 0 Å². The second-order valence-electron chi connectivity index (χ2n) is 11.2. The summed E-state index contributed by atoms with van der Waals surface area (Å²) in [6.45, 7) is 18.1. The first kappa shape index (κ1) is 26.0. The molecule has 2 fully saturated rings. The normalized spacial score (nSPS) is 30.8. The minimum Gasteiger partial charge on any atom is -0.459 e. The van der Waals surface area contributed by atoms with E-state index in [1.165, 1.54) is 4.90 Å². The zero-order valence-corrected chi connectivity index (χ0v) is 21.4. The second kappa shape index (κ2) is 8.28. The van der Waals surface area contributed by atoms with Gasteiger partial charge in [0.25, 0.3) is 6.47 Å². The topological polar surface area (TPSA) is 83.5 Å². The lowest BCUT2D eigenvalue weighted by atomic mass is 10.1. The Kier molecular flexibility index (Phi) is 6.95. The summed E-state index contributed by atoms with van der Waals surface area (Å²) in [4.78, 5) is 25.7. The molecule has 8 nitrogen and oxygen atoms in total. The highest BCUT2D eigenvalue weighted by atomic mass is 28.4. The average molecular weight is 464 g/mol. The molecule has 2 rings (SSSR count). The van der Waals surface area contributed by atoms with Crippen molar-refractivity contribution >= 4 is 20.9 Å². The standard InChI is InChI=1S/C21H38FNO7Si/c1-18(2,3)29-17(25)23-14(11-22)15(26-13-24)16-21(23,30-20(7,8)28-16)12-27-31(9,10)19(4,5)6/h13-16H,11-12H2,1-10H3/t14-,15+,16-,21-/m0/s1. The number of fused-ring (bicyclic) bond motifs is 1. The van der Waals surface area contributed by atoms with Gasteiger partial charge in [0.05, 0.1) is 6.61 Å². The molecule has 180 valence electrons. The van der Waals surface area contributed by atoms with Gasteiger partial charge in [-0.05, 0) is 52.8 Å². The number of halogens is 1. The predicted octanol–water partition coefficient (Wildman–Crippen LogP) is 3.99. The number of rotatable bonds is 6. The van der Waals surface area contributed by atoms with Crippen LogP contribution in [-0.4, -0.2) is 74.4 Å². The third-order valence-corrected chi connectivity index (χ3v) is 10.6. The summed E-state index contributed by atoms with van der Waals surface area (Å²) in [7, 11) is -2.29. The summed E-state index contributed by atoms with van der Waals surface area (Å²) in [5, 5.41) is -0.109. The third-order valence-electron chi connectivity index (χ3n) is 6.10. The van der Waals surface area contributed by atoms with E-state index in [0.717, 1.165) is 0 Å². The lowest BCUT2D eigenvalue weighted by molar-refractivity contribution is -0.217. The molecule has 0 saturated carbocycles. The number of nitrogens with zero attached hydrogens (tertiary/aromatic N) is 1. The number of hydrogen-bond donors (Lipinski definition) is 0. The van der Waals surface area contributed by atoms with E-state index in [9.17, 15) is 14.0 Å². The van der Waals surface area contributed by atoms with Crippen LogP contribution in [0.2, 0.25) is 18.1 Å². The predicted molar refractivity (Wildman–Crippen MR) is 115 cm³/mol. The SMILES string of the molecule is CC(C)(C)OC(=O)N1[C@@H](CF)[C@@H](OC=O)[C@@H]2OC(C)(C)O[C@@]21CO[Si](C)(C)C(C)(C)C. The molecular weight excluding hydrogens is 425 g/mol. The van der Waals surface area contributed by atoms with E-state index in [0.29, 0.717) is 0 Å². The van der Waals surface area contributed by atoms with Crippen molar-refractivity contribution in [2.24, 2.45) is 0 Å². The molecule has 2 aliphatic rings. The van der Waals surface area contributed by atoms with Crippen LogP contribution in [0.4, 0.5) is 9.18 Å². The maximum Gasteiger partial charge on any atom is 0.413 e. The van der Waals surface area contributed by atoms with Gasteiger partial charge in [0, 0.05) is 0 Å². The van der Waals surface area contributed by atoms with Crippen molar-refractivity contribution in [1.29, 1.82) is 0 Å². The lowest BCUT2D eigenvalue weighted by Gasteiger charge is -2.43. The molecule has 0 aromatic heterocycles. The number of amides is 1. The Bertz CT molecular complexity index is 688. The highest BCUT2D eigenvalue weighted by Gasteiger charge is 2.71. The molecule has 0 aliphatic carbocycles. The molecule has 0 aromatic carbocycles. The number of ether oxygens (including phenoxy) is 4. The van der Waals surface area contributed by atoms with E-state index < -0.39 is 56.4 Å². The molecule has 10 heteroatoms. The highest BCUT2D eigenvalue weighted by molar-refractivity contribution is 6.74. The summed E-state index contributed by atoms with van der Waals surface area (Å²) in [6, 6.07) is -1.14. The Hall–Kier alpha value is -1.23. The first-order chi connectivity index (χ1) is 13.9. The van der Waals surface area contributed by atoms with Crippen molar-refractivity contribution < 1.29 is 37.4 Å². The zero-order chi connectivity index (χ0) is 24.0. The van der Waals surface area contributed by atoms with Crippen molar-refractivity contribution in [2.75, 3.05) is 13.3 Å². The van der Waals surface area contributed by atoms with Gasteiger partial charge >= 0.3 is 6.09 Å². The quantitative estimate of drug-likeness (QED) is 0.435. The number of alkyl halides is 1. The molecular formula is C21H38FNO7Si. The van der Waals surface area contributed by atoms with Crippen molar-refractivity contribution in [2.45, 2.75) is 109 Å². The molecule has 2 heterocycles. The molecule has 0 aromatic rings. The minimum absolute atomic E-state index is 0.0634. The van der Waals surface area contributed by atoms with Gasteiger partial charge in [0.2, 0.25) is 5.72 Å². The number of carbonyl (C=O) groups is 2. The van der Waals surface area contributed by atoms with Gasteiger partial charge in [-0.2, -0.15) is 0 Å². The Morgan fingerprint density at radius 2 is 1.77 bits per heavy atom. The molecule has 0 N–H and O–H groups in total. The fourth-order valence-corrected chi connectivity index (χ4v) is 4.71. The summed E-state index contributed by atoms with van der Waals surface area (Å²) < 4.78 is 43.8. The van der Waals surface area contributed by atoms with E-state index >= 15 is 0 Å². The van der Waals surface area contributed by atoms with Crippen molar-refractivity contribution in [3.05, 3.63) is 0 Å². The molecule has 31 heavy (non-hydrogen) atoms. The average Bonchev–Trinajstić information content (AvgIpc) is 2.97. The first-order valence-corrected chi connectivity index (χ1v) is 13.5. The van der Waals surface area contributed by atoms with Crippen LogP contribution in [0.1, 0.15) is 55.4 Å². The molecule has 1 amide bonds. The monoisotopic (exact) mass is 463 g/mol. The van der Waals surface area contributed by atoms with Gasteiger partial charge in [-0.1, -0.05) is 20.8 Å². The van der Waals surface area contributed by atoms with Gasteiger partial charge < -0.3 is 23.4 Å². The van der Waals surface area contributed by atoms with Crippen LogP contribution in [0.25, 0.3) is 0 Å². The maximum absolute atomic E-state index is 14.3. The Morgan fingerprint density at radius 1 is 1.19 bits per heavy atom. The van der Waals surface area contributed by atoms with E-state index in [4.69, 9.17) is 23.4 Å². The molecule has 0 bridgehead atoms. The lowest BCUT2D eigenvalue weighted by Crippen LogP contribution is -2.60. The number of likely N-dealkylation sites (tertiary alicyclic amines) is 1. The summed E-state index contributed by atoms with van der Waals surface area (Å²) in [5.41, 5.74) is -2.33. The van der Waals surface area contributed by atoms with Crippen molar-refractivity contribution in [3.8, 4) is 0 Å². The first-order valence-electron chi connectivity index (χ1n) is 10.6. The molecule has 2 saturated heterocycles. The Balaban J connectivity index is 2.56. The summed E-state index contributed by atoms with van der Waals surface area (Å²) >= 11 is 0. The van der Waals surface area contributed by atoms with E-state index in [2.05, 4.69) is 33.9 Å². The molecule has 0 spiro atoms. The van der Waals surface area contributed by atoms with E-state index in [1.807, 2.05) is 0 Å². The van der Waals surface area contributed by atoms with Gasteiger partial charge in [0.1, 0.15) is 18.3 Å².